The zero-order chi connectivity index (χ0) is 17.1. The van der Waals surface area contributed by atoms with Gasteiger partial charge in [0.25, 0.3) is 0 Å². The number of carbonyl (C=O) groups is 2. The number of H-pyrrole nitrogens is 1. The van der Waals surface area contributed by atoms with E-state index in [1.807, 2.05) is 0 Å². The molecule has 0 saturated heterocycles. The zero-order valence-electron chi connectivity index (χ0n) is 12.9. The van der Waals surface area contributed by atoms with Crippen molar-refractivity contribution in [3.8, 4) is 0 Å². The number of ether oxygens (including phenoxy) is 1. The van der Waals surface area contributed by atoms with E-state index in [-0.39, 0.29) is 5.78 Å². The first-order valence-corrected chi connectivity index (χ1v) is 7.55. The van der Waals surface area contributed by atoms with E-state index in [2.05, 4.69) is 4.98 Å². The monoisotopic (exact) mass is 351 g/mol. The third kappa shape index (κ3) is 3.66. The largest absolute Gasteiger partial charge is 0.465 e. The summed E-state index contributed by atoms with van der Waals surface area (Å²) >= 11 is 11.9. The van der Waals surface area contributed by atoms with Crippen LogP contribution in [0.4, 0.5) is 0 Å². The van der Waals surface area contributed by atoms with E-state index in [0.717, 1.165) is 0 Å². The van der Waals surface area contributed by atoms with E-state index >= 15 is 0 Å². The van der Waals surface area contributed by atoms with Crippen molar-refractivity contribution in [1.82, 2.24) is 4.98 Å². The standard InChI is InChI=1S/C17H15Cl2NO3/c1-9-15(17(22)23-3)10(2)20-16(9)14(21)7-5-11-4-6-12(18)8-13(11)19/h4-8,20H,1-3H3. The highest BCUT2D eigenvalue weighted by molar-refractivity contribution is 6.35. The Kier molecular flexibility index (Phi) is 5.29. The van der Waals surface area contributed by atoms with E-state index in [9.17, 15) is 9.59 Å². The van der Waals surface area contributed by atoms with Crippen LogP contribution < -0.4 is 0 Å². The lowest BCUT2D eigenvalue weighted by Gasteiger charge is -2.00. The summed E-state index contributed by atoms with van der Waals surface area (Å²) in [5, 5.41) is 0.980. The summed E-state index contributed by atoms with van der Waals surface area (Å²) in [6, 6.07) is 5.02. The minimum atomic E-state index is -0.472. The maximum atomic E-state index is 12.4. The van der Waals surface area contributed by atoms with E-state index < -0.39 is 5.97 Å². The Morgan fingerprint density at radius 2 is 1.91 bits per heavy atom. The Hall–Kier alpha value is -2.04. The van der Waals surface area contributed by atoms with Gasteiger partial charge in [-0.25, -0.2) is 4.79 Å². The van der Waals surface area contributed by atoms with Crippen LogP contribution in [0.1, 0.15) is 37.7 Å². The predicted octanol–water partition coefficient (Wildman–Crippen LogP) is 4.62. The van der Waals surface area contributed by atoms with Crippen LogP contribution in [-0.4, -0.2) is 23.8 Å². The van der Waals surface area contributed by atoms with Crippen molar-refractivity contribution >= 4 is 41.0 Å². The summed E-state index contributed by atoms with van der Waals surface area (Å²) < 4.78 is 4.73. The Labute approximate surface area is 144 Å². The van der Waals surface area contributed by atoms with Gasteiger partial charge in [0, 0.05) is 15.7 Å². The molecule has 0 atom stereocenters. The van der Waals surface area contributed by atoms with Crippen molar-refractivity contribution in [3.63, 3.8) is 0 Å². The van der Waals surface area contributed by atoms with Crippen molar-refractivity contribution in [2.24, 2.45) is 0 Å². The SMILES string of the molecule is COC(=O)c1c(C)[nH]c(C(=O)C=Cc2ccc(Cl)cc2Cl)c1C. The molecule has 2 rings (SSSR count). The van der Waals surface area contributed by atoms with E-state index in [1.165, 1.54) is 13.2 Å². The van der Waals surface area contributed by atoms with Crippen molar-refractivity contribution < 1.29 is 14.3 Å². The number of aromatic amines is 1. The molecule has 0 bridgehead atoms. The average Bonchev–Trinajstić information content (AvgIpc) is 2.80. The Bertz CT molecular complexity index is 806. The highest BCUT2D eigenvalue weighted by Gasteiger charge is 2.21. The second-order valence-corrected chi connectivity index (χ2v) is 5.82. The second kappa shape index (κ2) is 7.02. The molecular formula is C17H15Cl2NO3. The highest BCUT2D eigenvalue weighted by atomic mass is 35.5. The number of rotatable bonds is 4. The number of hydrogen-bond donors (Lipinski definition) is 1. The molecule has 1 aromatic heterocycles. The first-order valence-electron chi connectivity index (χ1n) is 6.80. The number of esters is 1. The number of benzene rings is 1. The van der Waals surface area contributed by atoms with Crippen LogP contribution in [0, 0.1) is 13.8 Å². The van der Waals surface area contributed by atoms with Crippen LogP contribution in [0.5, 0.6) is 0 Å². The summed E-state index contributed by atoms with van der Waals surface area (Å²) in [6.45, 7) is 3.42. The summed E-state index contributed by atoms with van der Waals surface area (Å²) in [5.41, 5.74) is 2.57. The normalized spacial score (nSPS) is 11.0. The third-order valence-electron chi connectivity index (χ3n) is 3.45. The van der Waals surface area contributed by atoms with Gasteiger partial charge >= 0.3 is 5.97 Å². The summed E-state index contributed by atoms with van der Waals surface area (Å²) in [5.74, 6) is -0.730. The molecule has 0 aliphatic carbocycles. The molecule has 120 valence electrons. The van der Waals surface area contributed by atoms with Gasteiger partial charge in [0.1, 0.15) is 0 Å². The van der Waals surface area contributed by atoms with Crippen LogP contribution in [0.3, 0.4) is 0 Å². The van der Waals surface area contributed by atoms with Gasteiger partial charge in [-0.15, -0.1) is 0 Å². The topological polar surface area (TPSA) is 59.2 Å². The number of aryl methyl sites for hydroxylation is 1. The van der Waals surface area contributed by atoms with Gasteiger partial charge in [-0.1, -0.05) is 29.3 Å². The Morgan fingerprint density at radius 1 is 1.22 bits per heavy atom. The molecule has 2 aromatic rings. The quantitative estimate of drug-likeness (QED) is 0.496. The van der Waals surface area contributed by atoms with E-state index in [0.29, 0.717) is 38.1 Å². The number of ketones is 1. The molecule has 6 heteroatoms. The number of methoxy groups -OCH3 is 1. The molecule has 0 radical (unpaired) electrons. The molecule has 1 N–H and O–H groups in total. The number of carbonyl (C=O) groups excluding carboxylic acids is 2. The smallest absolute Gasteiger partial charge is 0.339 e. The molecule has 1 heterocycles. The van der Waals surface area contributed by atoms with Crippen LogP contribution in [0.15, 0.2) is 24.3 Å². The molecular weight excluding hydrogens is 337 g/mol. The van der Waals surface area contributed by atoms with Gasteiger partial charge in [-0.2, -0.15) is 0 Å². The molecule has 0 unspecified atom stereocenters. The van der Waals surface area contributed by atoms with E-state index in [1.54, 1.807) is 38.1 Å². The van der Waals surface area contributed by atoms with Crippen LogP contribution in [-0.2, 0) is 4.74 Å². The van der Waals surface area contributed by atoms with Gasteiger partial charge in [0.05, 0.1) is 18.4 Å². The molecule has 0 amide bonds. The summed E-state index contributed by atoms with van der Waals surface area (Å²) in [7, 11) is 1.30. The number of halogens is 2. The molecule has 1 aromatic carbocycles. The lowest BCUT2D eigenvalue weighted by atomic mass is 10.1. The molecule has 0 saturated carbocycles. The van der Waals surface area contributed by atoms with Crippen molar-refractivity contribution in [1.29, 1.82) is 0 Å². The van der Waals surface area contributed by atoms with Gasteiger partial charge in [0.15, 0.2) is 0 Å². The zero-order valence-corrected chi connectivity index (χ0v) is 14.4. The first kappa shape index (κ1) is 17.3. The fourth-order valence-electron chi connectivity index (χ4n) is 2.29. The van der Waals surface area contributed by atoms with E-state index in [4.69, 9.17) is 27.9 Å². The fourth-order valence-corrected chi connectivity index (χ4v) is 2.76. The Morgan fingerprint density at radius 3 is 2.52 bits per heavy atom. The maximum Gasteiger partial charge on any atom is 0.339 e. The fraction of sp³-hybridized carbons (Fsp3) is 0.176. The molecule has 0 fully saturated rings. The lowest BCUT2D eigenvalue weighted by molar-refractivity contribution is 0.0599. The predicted molar refractivity (Wildman–Crippen MR) is 91.4 cm³/mol. The van der Waals surface area contributed by atoms with Crippen molar-refractivity contribution in [2.45, 2.75) is 13.8 Å². The molecule has 0 aliphatic rings. The van der Waals surface area contributed by atoms with Gasteiger partial charge in [0.2, 0.25) is 5.78 Å². The van der Waals surface area contributed by atoms with Crippen molar-refractivity contribution in [2.75, 3.05) is 7.11 Å². The maximum absolute atomic E-state index is 12.4. The first-order chi connectivity index (χ1) is 10.8. The number of nitrogens with one attached hydrogen (secondary N) is 1. The van der Waals surface area contributed by atoms with Crippen LogP contribution >= 0.6 is 23.2 Å². The Balaban J connectivity index is 2.31. The van der Waals surface area contributed by atoms with Gasteiger partial charge in [-0.3, -0.25) is 4.79 Å². The number of allylic oxidation sites excluding steroid dienone is 1. The molecule has 23 heavy (non-hydrogen) atoms. The molecule has 0 aliphatic heterocycles. The minimum absolute atomic E-state index is 0.258. The van der Waals surface area contributed by atoms with Crippen LogP contribution in [0.25, 0.3) is 6.08 Å². The van der Waals surface area contributed by atoms with Gasteiger partial charge in [-0.05, 0) is 49.3 Å². The highest BCUT2D eigenvalue weighted by Crippen LogP contribution is 2.23. The summed E-state index contributed by atoms with van der Waals surface area (Å²) in [4.78, 5) is 27.0. The third-order valence-corrected chi connectivity index (χ3v) is 4.01. The minimum Gasteiger partial charge on any atom is -0.465 e. The van der Waals surface area contributed by atoms with Crippen LogP contribution in [0.2, 0.25) is 10.0 Å². The van der Waals surface area contributed by atoms with Gasteiger partial charge < -0.3 is 9.72 Å². The average molecular weight is 352 g/mol. The lowest BCUT2D eigenvalue weighted by Crippen LogP contribution is -2.04. The number of aromatic nitrogens is 1. The van der Waals surface area contributed by atoms with Crippen molar-refractivity contribution in [3.05, 3.63) is 62.4 Å². The number of hydrogen-bond acceptors (Lipinski definition) is 3. The second-order valence-electron chi connectivity index (χ2n) is 4.98. The summed E-state index contributed by atoms with van der Waals surface area (Å²) in [6.07, 6.45) is 3.00. The molecule has 4 nitrogen and oxygen atoms in total. The molecule has 0 spiro atoms.